The Kier molecular flexibility index (Phi) is 4.16. The van der Waals surface area contributed by atoms with E-state index in [0.717, 1.165) is 25.0 Å². The maximum absolute atomic E-state index is 13.8. The van der Waals surface area contributed by atoms with E-state index in [1.54, 1.807) is 0 Å². The van der Waals surface area contributed by atoms with Gasteiger partial charge in [0.1, 0.15) is 17.3 Å². The van der Waals surface area contributed by atoms with Gasteiger partial charge >= 0.3 is 0 Å². The van der Waals surface area contributed by atoms with Gasteiger partial charge in [0, 0.05) is 24.9 Å². The van der Waals surface area contributed by atoms with Crippen molar-refractivity contribution in [2.75, 3.05) is 13.2 Å². The summed E-state index contributed by atoms with van der Waals surface area (Å²) in [4.78, 5) is 13.8. The predicted molar refractivity (Wildman–Crippen MR) is 113 cm³/mol. The number of hydrogen-bond acceptors (Lipinski definition) is 7. The Labute approximate surface area is 188 Å². The number of rotatable bonds is 2. The molecule has 5 fully saturated rings. The Bertz CT molecular complexity index is 939. The van der Waals surface area contributed by atoms with E-state index >= 15 is 0 Å². The molecule has 176 valence electrons. The molecular weight excluding hydrogens is 412 g/mol. The number of aliphatic hydroxyl groups excluding tert-OH is 2. The van der Waals surface area contributed by atoms with Crippen LogP contribution in [0.25, 0.3) is 0 Å². The molecule has 3 saturated carbocycles. The summed E-state index contributed by atoms with van der Waals surface area (Å²) in [6.45, 7) is 10.8. The van der Waals surface area contributed by atoms with Crippen LogP contribution in [0.1, 0.15) is 52.9 Å². The largest absolute Gasteiger partial charge is 0.469 e. The number of ketones is 1. The van der Waals surface area contributed by atoms with Crippen LogP contribution in [-0.2, 0) is 19.0 Å². The maximum Gasteiger partial charge on any atom is 0.208 e. The van der Waals surface area contributed by atoms with E-state index in [0.29, 0.717) is 25.0 Å². The van der Waals surface area contributed by atoms with Gasteiger partial charge in [-0.05, 0) is 55.1 Å². The van der Waals surface area contributed by atoms with Gasteiger partial charge in [-0.15, -0.1) is 0 Å². The Morgan fingerprint density at radius 3 is 2.66 bits per heavy atom. The van der Waals surface area contributed by atoms with Crippen LogP contribution >= 0.6 is 0 Å². The van der Waals surface area contributed by atoms with Gasteiger partial charge in [0.2, 0.25) is 5.79 Å². The highest BCUT2D eigenvalue weighted by Gasteiger charge is 2.87. The monoisotopic (exact) mass is 446 g/mol. The molecule has 4 aliphatic carbocycles. The molecule has 3 aliphatic heterocycles. The molecule has 7 rings (SSSR count). The Balaban J connectivity index is 1.62. The van der Waals surface area contributed by atoms with Crippen LogP contribution in [0.4, 0.5) is 0 Å². The molecule has 3 heterocycles. The van der Waals surface area contributed by atoms with Gasteiger partial charge in [0.05, 0.1) is 18.1 Å². The third-order valence-corrected chi connectivity index (χ3v) is 9.83. The second-order valence-electron chi connectivity index (χ2n) is 11.5. The van der Waals surface area contributed by atoms with Crippen molar-refractivity contribution in [3.8, 4) is 0 Å². The maximum atomic E-state index is 13.8. The molecule has 1 unspecified atom stereocenters. The second-order valence-corrected chi connectivity index (χ2v) is 11.5. The third-order valence-electron chi connectivity index (χ3n) is 9.83. The summed E-state index contributed by atoms with van der Waals surface area (Å²) in [6.07, 6.45) is 0.716. The molecule has 0 aromatic heterocycles. The lowest BCUT2D eigenvalue weighted by atomic mass is 9.36. The highest BCUT2D eigenvalue weighted by molar-refractivity contribution is 6.05. The van der Waals surface area contributed by atoms with Gasteiger partial charge < -0.3 is 29.5 Å². The number of fused-ring (bicyclic) bond motifs is 2. The van der Waals surface area contributed by atoms with E-state index < -0.39 is 40.7 Å². The quantitative estimate of drug-likeness (QED) is 0.558. The average molecular weight is 447 g/mol. The summed E-state index contributed by atoms with van der Waals surface area (Å²) in [5.74, 6) is -2.95. The Morgan fingerprint density at radius 2 is 1.94 bits per heavy atom. The molecule has 7 heteroatoms. The number of hydrogen-bond donors (Lipinski definition) is 3. The van der Waals surface area contributed by atoms with Crippen LogP contribution in [-0.4, -0.2) is 58.6 Å². The number of carbonyl (C=O) groups excluding carboxylic acids is 1. The number of ether oxygens (including phenoxy) is 3. The molecule has 32 heavy (non-hydrogen) atoms. The van der Waals surface area contributed by atoms with Crippen molar-refractivity contribution in [3.63, 3.8) is 0 Å². The van der Waals surface area contributed by atoms with Gasteiger partial charge in [-0.2, -0.15) is 0 Å². The Hall–Kier alpha value is -1.25. The summed E-state index contributed by atoms with van der Waals surface area (Å²) in [7, 11) is 0. The van der Waals surface area contributed by atoms with Crippen LogP contribution in [0.2, 0.25) is 0 Å². The molecule has 0 aromatic carbocycles. The molecule has 3 N–H and O–H groups in total. The fourth-order valence-electron chi connectivity index (χ4n) is 8.97. The summed E-state index contributed by atoms with van der Waals surface area (Å²) in [5, 5.41) is 35.2. The van der Waals surface area contributed by atoms with Crippen molar-refractivity contribution in [2.24, 2.45) is 34.0 Å². The average Bonchev–Trinajstić information content (AvgIpc) is 2.84. The van der Waals surface area contributed by atoms with Gasteiger partial charge in [-0.25, -0.2) is 0 Å². The summed E-state index contributed by atoms with van der Waals surface area (Å²) >= 11 is 0. The normalized spacial score (nSPS) is 52.9. The first-order valence-corrected chi connectivity index (χ1v) is 12.0. The molecule has 7 aliphatic rings. The highest BCUT2D eigenvalue weighted by atomic mass is 16.7. The fourth-order valence-corrected chi connectivity index (χ4v) is 8.97. The topological polar surface area (TPSA) is 105 Å². The number of Topliss-reactive ketones (excluding diaryl/α,β-unsaturated/α-hetero) is 1. The lowest BCUT2D eigenvalue weighted by Crippen LogP contribution is -2.84. The van der Waals surface area contributed by atoms with Crippen LogP contribution in [0, 0.1) is 34.0 Å². The first-order valence-electron chi connectivity index (χ1n) is 12.0. The zero-order valence-electron chi connectivity index (χ0n) is 19.1. The lowest BCUT2D eigenvalue weighted by Gasteiger charge is -2.73. The van der Waals surface area contributed by atoms with Crippen LogP contribution in [0.15, 0.2) is 23.5 Å². The van der Waals surface area contributed by atoms with Crippen molar-refractivity contribution in [1.82, 2.24) is 0 Å². The van der Waals surface area contributed by atoms with E-state index in [2.05, 4.69) is 20.4 Å². The summed E-state index contributed by atoms with van der Waals surface area (Å²) < 4.78 is 18.4. The zero-order valence-corrected chi connectivity index (χ0v) is 19.1. The molecule has 0 amide bonds. The summed E-state index contributed by atoms with van der Waals surface area (Å²) in [5.41, 5.74) is -1.27. The highest BCUT2D eigenvalue weighted by Crippen LogP contribution is 2.77. The lowest BCUT2D eigenvalue weighted by molar-refractivity contribution is -0.444. The molecule has 9 atom stereocenters. The molecule has 4 bridgehead atoms. The summed E-state index contributed by atoms with van der Waals surface area (Å²) in [6, 6.07) is 0. The van der Waals surface area contributed by atoms with Crippen molar-refractivity contribution in [3.05, 3.63) is 23.5 Å². The van der Waals surface area contributed by atoms with Gasteiger partial charge in [0.25, 0.3) is 0 Å². The minimum atomic E-state index is -2.15. The van der Waals surface area contributed by atoms with Gasteiger partial charge in [-0.1, -0.05) is 20.4 Å². The molecule has 0 aromatic rings. The molecule has 7 nitrogen and oxygen atoms in total. The van der Waals surface area contributed by atoms with Crippen molar-refractivity contribution >= 4 is 5.78 Å². The van der Waals surface area contributed by atoms with Crippen LogP contribution in [0.5, 0.6) is 0 Å². The van der Waals surface area contributed by atoms with E-state index in [-0.39, 0.29) is 30.0 Å². The minimum absolute atomic E-state index is 0.149. The second kappa shape index (κ2) is 6.25. The molecule has 2 spiro atoms. The van der Waals surface area contributed by atoms with Crippen LogP contribution < -0.4 is 0 Å². The van der Waals surface area contributed by atoms with Crippen molar-refractivity contribution in [1.29, 1.82) is 0 Å². The standard InChI is InChI=1S/C25H34O7/c1-5-30-16-9-6-13-10-22(3,4)17-20(28)25(29)24-15(23(17,11-31-25)21(13)32-16)8-7-14(19(24)27)12(2)18(24)26/h14-17,19-20,27-29H,2,5-11H2,1,3-4H3/t14-,15-,16-,17+,19+,20-,23-,24-,25?/m0/s1. The van der Waals surface area contributed by atoms with Crippen LogP contribution in [0.3, 0.4) is 0 Å². The Morgan fingerprint density at radius 1 is 1.19 bits per heavy atom. The van der Waals surface area contributed by atoms with Gasteiger partial charge in [-0.3, -0.25) is 4.79 Å². The number of aliphatic hydroxyl groups is 3. The smallest absolute Gasteiger partial charge is 0.208 e. The number of allylic oxidation sites excluding steroid dienone is 1. The predicted octanol–water partition coefficient (Wildman–Crippen LogP) is 2.05. The fraction of sp³-hybridized carbons (Fsp3) is 0.800. The van der Waals surface area contributed by atoms with E-state index in [1.807, 2.05) is 6.92 Å². The van der Waals surface area contributed by atoms with E-state index in [4.69, 9.17) is 14.2 Å². The van der Waals surface area contributed by atoms with Crippen molar-refractivity contribution < 1.29 is 34.3 Å². The van der Waals surface area contributed by atoms with E-state index in [1.165, 1.54) is 5.57 Å². The minimum Gasteiger partial charge on any atom is -0.469 e. The van der Waals surface area contributed by atoms with Crippen molar-refractivity contribution in [2.45, 2.75) is 77.2 Å². The first kappa shape index (κ1) is 21.3. The van der Waals surface area contributed by atoms with E-state index in [9.17, 15) is 20.1 Å². The SMILES string of the molecule is C=C1C(=O)[C@]23[C@H](O)[C@H]1CC[C@H]2[C@@]12COC3(O)[C@@H](O)[C@@H]1C(C)(C)CC1=C2O[C@H](OCC)CC1. The zero-order chi connectivity index (χ0) is 22.8. The molecular formula is C25H34O7. The third kappa shape index (κ3) is 2.02. The number of carbonyl (C=O) groups is 1. The molecule has 2 saturated heterocycles. The molecule has 0 radical (unpaired) electrons. The first-order chi connectivity index (χ1) is 15.1. The van der Waals surface area contributed by atoms with Gasteiger partial charge in [0.15, 0.2) is 12.1 Å².